The van der Waals surface area contributed by atoms with Crippen LogP contribution >= 0.6 is 0 Å². The van der Waals surface area contributed by atoms with E-state index >= 15 is 0 Å². The van der Waals surface area contributed by atoms with Gasteiger partial charge in [0.25, 0.3) is 5.69 Å². The van der Waals surface area contributed by atoms with Gasteiger partial charge in [0.2, 0.25) is 5.82 Å². The Bertz CT molecular complexity index is 1160. The van der Waals surface area contributed by atoms with E-state index in [4.69, 9.17) is 6.57 Å². The minimum absolute atomic E-state index is 0.189. The number of aromatic nitrogens is 4. The van der Waals surface area contributed by atoms with Crippen LogP contribution < -0.4 is 10.5 Å². The maximum atomic E-state index is 13.1. The van der Waals surface area contributed by atoms with Crippen molar-refractivity contribution in [2.45, 2.75) is 39.0 Å². The predicted octanol–water partition coefficient (Wildman–Crippen LogP) is 4.75. The second-order valence-electron chi connectivity index (χ2n) is 8.31. The van der Waals surface area contributed by atoms with Gasteiger partial charge in [0.05, 0.1) is 12.3 Å². The third-order valence-corrected chi connectivity index (χ3v) is 5.11. The fourth-order valence-electron chi connectivity index (χ4n) is 3.55. The molecule has 4 rings (SSSR count). The van der Waals surface area contributed by atoms with Crippen molar-refractivity contribution < 1.29 is 0 Å². The monoisotopic (exact) mass is 404 g/mol. The number of benzene rings is 1. The van der Waals surface area contributed by atoms with Crippen LogP contribution in [0.5, 0.6) is 0 Å². The SMILES string of the molecule is [C-]#[N+]c1c(N=Nc2c(N3CCCC3)[nH]n(-c3ccccc3)c2=O)n[nH]c1C(C)(C)C. The number of nitrogens with zero attached hydrogens (tertiary/aromatic N) is 6. The first-order chi connectivity index (χ1) is 14.4. The molecule has 9 heteroatoms. The molecule has 1 saturated heterocycles. The van der Waals surface area contributed by atoms with E-state index in [9.17, 15) is 4.79 Å². The molecule has 9 nitrogen and oxygen atoms in total. The van der Waals surface area contributed by atoms with Gasteiger partial charge in [-0.1, -0.05) is 39.0 Å². The molecule has 1 aromatic carbocycles. The number of aromatic amines is 2. The molecule has 0 unspecified atom stereocenters. The van der Waals surface area contributed by atoms with E-state index in [-0.39, 0.29) is 22.5 Å². The van der Waals surface area contributed by atoms with E-state index in [1.165, 1.54) is 4.68 Å². The summed E-state index contributed by atoms with van der Waals surface area (Å²) < 4.78 is 1.48. The molecule has 1 aliphatic rings. The van der Waals surface area contributed by atoms with Crippen molar-refractivity contribution in [1.82, 2.24) is 20.0 Å². The molecule has 3 aromatic rings. The molecule has 0 radical (unpaired) electrons. The zero-order chi connectivity index (χ0) is 21.3. The van der Waals surface area contributed by atoms with Crippen LogP contribution in [-0.2, 0) is 5.41 Å². The lowest BCUT2D eigenvalue weighted by Gasteiger charge is -2.16. The zero-order valence-corrected chi connectivity index (χ0v) is 17.3. The van der Waals surface area contributed by atoms with Crippen molar-refractivity contribution in [1.29, 1.82) is 0 Å². The van der Waals surface area contributed by atoms with E-state index in [1.54, 1.807) is 0 Å². The first-order valence-electron chi connectivity index (χ1n) is 9.93. The van der Waals surface area contributed by atoms with Crippen molar-refractivity contribution in [3.63, 3.8) is 0 Å². The first kappa shape index (κ1) is 19.6. The molecule has 0 atom stereocenters. The summed E-state index contributed by atoms with van der Waals surface area (Å²) in [5, 5.41) is 18.7. The number of hydrogen-bond acceptors (Lipinski definition) is 5. The Hall–Kier alpha value is -3.67. The van der Waals surface area contributed by atoms with Crippen LogP contribution in [0.25, 0.3) is 10.5 Å². The summed E-state index contributed by atoms with van der Waals surface area (Å²) in [6.45, 7) is 15.2. The normalized spacial score (nSPS) is 14.5. The largest absolute Gasteiger partial charge is 0.355 e. The molecule has 1 fully saturated rings. The Morgan fingerprint density at radius 3 is 2.47 bits per heavy atom. The molecule has 0 aliphatic carbocycles. The van der Waals surface area contributed by atoms with Crippen molar-refractivity contribution in [3.8, 4) is 5.69 Å². The van der Waals surface area contributed by atoms with Crippen molar-refractivity contribution in [3.05, 3.63) is 57.8 Å². The van der Waals surface area contributed by atoms with Crippen LogP contribution in [-0.4, -0.2) is 33.1 Å². The van der Waals surface area contributed by atoms with E-state index < -0.39 is 0 Å². The van der Waals surface area contributed by atoms with Crippen LogP contribution in [0, 0.1) is 6.57 Å². The smallest absolute Gasteiger partial charge is 0.301 e. The summed E-state index contributed by atoms with van der Waals surface area (Å²) in [7, 11) is 0. The van der Waals surface area contributed by atoms with Gasteiger partial charge in [-0.25, -0.2) is 9.53 Å². The molecule has 2 N–H and O–H groups in total. The van der Waals surface area contributed by atoms with Crippen LogP contribution in [0.2, 0.25) is 0 Å². The Morgan fingerprint density at radius 2 is 1.83 bits per heavy atom. The lowest BCUT2D eigenvalue weighted by atomic mass is 9.91. The van der Waals surface area contributed by atoms with Gasteiger partial charge in [-0.2, -0.15) is 5.10 Å². The lowest BCUT2D eigenvalue weighted by molar-refractivity contribution is 0.569. The minimum Gasteiger partial charge on any atom is -0.355 e. The molecule has 0 bridgehead atoms. The van der Waals surface area contributed by atoms with Crippen LogP contribution in [0.4, 0.5) is 23.0 Å². The van der Waals surface area contributed by atoms with E-state index in [1.807, 2.05) is 51.1 Å². The molecule has 0 saturated carbocycles. The number of hydrogen-bond donors (Lipinski definition) is 2. The van der Waals surface area contributed by atoms with Crippen molar-refractivity contribution in [2.24, 2.45) is 10.2 Å². The van der Waals surface area contributed by atoms with Gasteiger partial charge in [0, 0.05) is 18.8 Å². The average molecular weight is 404 g/mol. The summed E-state index contributed by atoms with van der Waals surface area (Å²) in [6.07, 6.45) is 2.12. The van der Waals surface area contributed by atoms with Gasteiger partial charge in [-0.15, -0.1) is 10.2 Å². The summed E-state index contributed by atoms with van der Waals surface area (Å²) in [5.74, 6) is 0.829. The van der Waals surface area contributed by atoms with E-state index in [0.717, 1.165) is 31.6 Å². The van der Waals surface area contributed by atoms with Gasteiger partial charge in [-0.05, 0) is 30.4 Å². The Labute approximate surface area is 174 Å². The third kappa shape index (κ3) is 3.52. The van der Waals surface area contributed by atoms with Crippen LogP contribution in [0.1, 0.15) is 39.3 Å². The molecule has 30 heavy (non-hydrogen) atoms. The molecule has 1 aliphatic heterocycles. The average Bonchev–Trinajstić information content (AvgIpc) is 3.45. The Kier molecular flexibility index (Phi) is 4.99. The first-order valence-corrected chi connectivity index (χ1v) is 9.93. The molecule has 2 aromatic heterocycles. The second kappa shape index (κ2) is 7.63. The van der Waals surface area contributed by atoms with E-state index in [2.05, 4.69) is 35.3 Å². The quantitative estimate of drug-likeness (QED) is 0.485. The molecule has 154 valence electrons. The standard InChI is InChI=1S/C21H24N8O/c1-21(2,3)17-15(22-4)18(26-24-17)25-23-16-19(28-12-8-9-13-28)27-29(20(16)30)14-10-6-5-7-11-14/h5-7,10-11,27H,8-9,12-13H2,1-3H3,(H,24,26). The highest BCUT2D eigenvalue weighted by molar-refractivity contribution is 5.67. The fraction of sp³-hybridized carbons (Fsp3) is 0.381. The Morgan fingerprint density at radius 1 is 1.13 bits per heavy atom. The summed E-state index contributed by atoms with van der Waals surface area (Å²) in [6, 6.07) is 9.36. The topological polar surface area (TPSA) is 98.8 Å². The maximum Gasteiger partial charge on any atom is 0.301 e. The van der Waals surface area contributed by atoms with Gasteiger partial charge >= 0.3 is 5.56 Å². The molecular weight excluding hydrogens is 380 g/mol. The predicted molar refractivity (Wildman–Crippen MR) is 116 cm³/mol. The highest BCUT2D eigenvalue weighted by Crippen LogP contribution is 2.38. The Balaban J connectivity index is 1.79. The number of azo groups is 1. The second-order valence-corrected chi connectivity index (χ2v) is 8.31. The molecule has 0 spiro atoms. The summed E-state index contributed by atoms with van der Waals surface area (Å²) in [4.78, 5) is 18.8. The number of para-hydroxylation sites is 1. The highest BCUT2D eigenvalue weighted by Gasteiger charge is 2.26. The molecule has 0 amide bonds. The molecular formula is C21H24N8O. The highest BCUT2D eigenvalue weighted by atomic mass is 16.1. The van der Waals surface area contributed by atoms with Crippen molar-refractivity contribution in [2.75, 3.05) is 18.0 Å². The zero-order valence-electron chi connectivity index (χ0n) is 17.3. The molecule has 3 heterocycles. The van der Waals surface area contributed by atoms with Gasteiger partial charge in [0.15, 0.2) is 11.5 Å². The van der Waals surface area contributed by atoms with Crippen LogP contribution in [0.15, 0.2) is 45.4 Å². The fourth-order valence-corrected chi connectivity index (χ4v) is 3.55. The number of anilines is 1. The number of nitrogens with one attached hydrogen (secondary N) is 2. The van der Waals surface area contributed by atoms with Gasteiger partial charge in [-0.3, -0.25) is 15.0 Å². The van der Waals surface area contributed by atoms with E-state index in [0.29, 0.717) is 17.2 Å². The number of H-pyrrole nitrogens is 2. The number of rotatable bonds is 4. The van der Waals surface area contributed by atoms with Gasteiger partial charge < -0.3 is 4.90 Å². The van der Waals surface area contributed by atoms with Crippen molar-refractivity contribution >= 4 is 23.0 Å². The minimum atomic E-state index is -0.289. The summed E-state index contributed by atoms with van der Waals surface area (Å²) >= 11 is 0. The summed E-state index contributed by atoms with van der Waals surface area (Å²) in [5.41, 5.74) is 1.39. The van der Waals surface area contributed by atoms with Crippen LogP contribution in [0.3, 0.4) is 0 Å². The maximum absolute atomic E-state index is 13.1. The lowest BCUT2D eigenvalue weighted by Crippen LogP contribution is -2.18. The van der Waals surface area contributed by atoms with Gasteiger partial charge in [0.1, 0.15) is 0 Å². The third-order valence-electron chi connectivity index (χ3n) is 5.11.